The molecule has 0 radical (unpaired) electrons. The van der Waals surface area contributed by atoms with E-state index < -0.39 is 0 Å². The van der Waals surface area contributed by atoms with E-state index in [0.717, 1.165) is 18.9 Å². The maximum absolute atomic E-state index is 6.56. The van der Waals surface area contributed by atoms with Crippen molar-refractivity contribution in [3.63, 3.8) is 0 Å². The van der Waals surface area contributed by atoms with E-state index in [0.29, 0.717) is 12.0 Å². The van der Waals surface area contributed by atoms with Gasteiger partial charge in [0.25, 0.3) is 0 Å². The standard InChI is InChI=1S/C20H31NO/c1-5-19-21(14-16-9-7-6-8-10-16)20(3,4)17-12-11-15(2)13-18(17)22-19/h6-10,15,17-19H,5,11-14H2,1-4H3/t15-,17?,18?,19+/m0/s1. The van der Waals surface area contributed by atoms with Gasteiger partial charge in [0.2, 0.25) is 0 Å². The van der Waals surface area contributed by atoms with Crippen molar-refractivity contribution in [2.45, 2.75) is 77.8 Å². The largest absolute Gasteiger partial charge is 0.360 e. The lowest BCUT2D eigenvalue weighted by Gasteiger charge is -2.57. The minimum atomic E-state index is 0.208. The zero-order valence-electron chi connectivity index (χ0n) is 14.6. The van der Waals surface area contributed by atoms with Crippen LogP contribution in [0.5, 0.6) is 0 Å². The monoisotopic (exact) mass is 301 g/mol. The average Bonchev–Trinajstić information content (AvgIpc) is 2.50. The third-order valence-corrected chi connectivity index (χ3v) is 5.93. The van der Waals surface area contributed by atoms with Gasteiger partial charge in [-0.15, -0.1) is 0 Å². The molecule has 1 saturated carbocycles. The Morgan fingerprint density at radius 1 is 1.18 bits per heavy atom. The average molecular weight is 301 g/mol. The van der Waals surface area contributed by atoms with Crippen molar-refractivity contribution in [2.24, 2.45) is 11.8 Å². The first-order valence-corrected chi connectivity index (χ1v) is 8.98. The van der Waals surface area contributed by atoms with Crippen LogP contribution in [0.25, 0.3) is 0 Å². The molecule has 2 nitrogen and oxygen atoms in total. The molecule has 22 heavy (non-hydrogen) atoms. The molecule has 0 bridgehead atoms. The smallest absolute Gasteiger partial charge is 0.111 e. The van der Waals surface area contributed by atoms with Gasteiger partial charge in [0.1, 0.15) is 6.23 Å². The van der Waals surface area contributed by atoms with Gasteiger partial charge in [-0.1, -0.05) is 50.6 Å². The zero-order valence-corrected chi connectivity index (χ0v) is 14.6. The SMILES string of the molecule is CC[C@H]1OC2C[C@@H](C)CCC2C(C)(C)N1Cc1ccccc1. The van der Waals surface area contributed by atoms with Crippen molar-refractivity contribution in [1.29, 1.82) is 0 Å². The molecular formula is C20H31NO. The second-order valence-electron chi connectivity index (χ2n) is 7.83. The number of ether oxygens (including phenoxy) is 1. The molecule has 122 valence electrons. The molecule has 1 aliphatic heterocycles. The number of rotatable bonds is 3. The molecule has 1 aromatic rings. The molecule has 1 heterocycles. The second kappa shape index (κ2) is 6.33. The maximum Gasteiger partial charge on any atom is 0.111 e. The Balaban J connectivity index is 1.84. The summed E-state index contributed by atoms with van der Waals surface area (Å²) < 4.78 is 6.56. The van der Waals surface area contributed by atoms with Gasteiger partial charge >= 0.3 is 0 Å². The van der Waals surface area contributed by atoms with Crippen molar-refractivity contribution >= 4 is 0 Å². The Kier molecular flexibility index (Phi) is 4.61. The highest BCUT2D eigenvalue weighted by atomic mass is 16.5. The van der Waals surface area contributed by atoms with Crippen molar-refractivity contribution in [3.8, 4) is 0 Å². The van der Waals surface area contributed by atoms with Crippen LogP contribution in [0, 0.1) is 11.8 Å². The summed E-state index contributed by atoms with van der Waals surface area (Å²) in [5.41, 5.74) is 1.60. The minimum Gasteiger partial charge on any atom is -0.360 e. The van der Waals surface area contributed by atoms with Crippen molar-refractivity contribution in [1.82, 2.24) is 4.90 Å². The molecule has 2 unspecified atom stereocenters. The van der Waals surface area contributed by atoms with Gasteiger partial charge in [0.05, 0.1) is 6.10 Å². The molecule has 0 spiro atoms. The van der Waals surface area contributed by atoms with Crippen molar-refractivity contribution < 1.29 is 4.74 Å². The topological polar surface area (TPSA) is 12.5 Å². The van der Waals surface area contributed by atoms with Crippen LogP contribution in [0.1, 0.15) is 58.9 Å². The molecule has 0 amide bonds. The van der Waals surface area contributed by atoms with E-state index in [2.05, 4.69) is 62.9 Å². The Hall–Kier alpha value is -0.860. The van der Waals surface area contributed by atoms with E-state index in [9.17, 15) is 0 Å². The van der Waals surface area contributed by atoms with Gasteiger partial charge in [0, 0.05) is 18.0 Å². The molecule has 2 fully saturated rings. The number of fused-ring (bicyclic) bond motifs is 1. The molecule has 2 heteroatoms. The first-order valence-electron chi connectivity index (χ1n) is 8.98. The Morgan fingerprint density at radius 3 is 2.59 bits per heavy atom. The fourth-order valence-corrected chi connectivity index (χ4v) is 4.55. The van der Waals surface area contributed by atoms with Gasteiger partial charge in [-0.3, -0.25) is 4.90 Å². The summed E-state index contributed by atoms with van der Waals surface area (Å²) >= 11 is 0. The molecule has 1 saturated heterocycles. The molecule has 0 N–H and O–H groups in total. The lowest BCUT2D eigenvalue weighted by Crippen LogP contribution is -2.64. The van der Waals surface area contributed by atoms with Crippen LogP contribution in [0.2, 0.25) is 0 Å². The molecule has 1 aromatic carbocycles. The third-order valence-electron chi connectivity index (χ3n) is 5.93. The quantitative estimate of drug-likeness (QED) is 0.792. The van der Waals surface area contributed by atoms with Crippen LogP contribution in [0.3, 0.4) is 0 Å². The molecular weight excluding hydrogens is 270 g/mol. The predicted molar refractivity (Wildman–Crippen MR) is 91.5 cm³/mol. The summed E-state index contributed by atoms with van der Waals surface area (Å²) in [7, 11) is 0. The van der Waals surface area contributed by atoms with Crippen LogP contribution in [0.4, 0.5) is 0 Å². The van der Waals surface area contributed by atoms with E-state index in [1.807, 2.05) is 0 Å². The number of hydrogen-bond acceptors (Lipinski definition) is 2. The normalized spacial score (nSPS) is 35.1. The lowest BCUT2D eigenvalue weighted by molar-refractivity contribution is -0.237. The fourth-order valence-electron chi connectivity index (χ4n) is 4.55. The highest BCUT2D eigenvalue weighted by molar-refractivity contribution is 5.15. The molecule has 0 aromatic heterocycles. The van der Waals surface area contributed by atoms with Gasteiger partial charge < -0.3 is 4.74 Å². The van der Waals surface area contributed by atoms with E-state index in [1.54, 1.807) is 0 Å². The summed E-state index contributed by atoms with van der Waals surface area (Å²) in [5.74, 6) is 1.48. The number of hydrogen-bond donors (Lipinski definition) is 0. The molecule has 3 rings (SSSR count). The molecule has 4 atom stereocenters. The zero-order chi connectivity index (χ0) is 15.7. The Morgan fingerprint density at radius 2 is 1.91 bits per heavy atom. The van der Waals surface area contributed by atoms with Crippen LogP contribution in [-0.4, -0.2) is 22.8 Å². The van der Waals surface area contributed by atoms with Crippen LogP contribution in [-0.2, 0) is 11.3 Å². The van der Waals surface area contributed by atoms with Gasteiger partial charge in [-0.25, -0.2) is 0 Å². The summed E-state index contributed by atoms with van der Waals surface area (Å²) in [5, 5.41) is 0. The van der Waals surface area contributed by atoms with Crippen molar-refractivity contribution in [3.05, 3.63) is 35.9 Å². The highest BCUT2D eigenvalue weighted by Gasteiger charge is 2.49. The third kappa shape index (κ3) is 2.96. The van der Waals surface area contributed by atoms with E-state index in [1.165, 1.54) is 24.8 Å². The Bertz CT molecular complexity index is 484. The van der Waals surface area contributed by atoms with Gasteiger partial charge in [-0.2, -0.15) is 0 Å². The van der Waals surface area contributed by atoms with E-state index >= 15 is 0 Å². The maximum atomic E-state index is 6.56. The van der Waals surface area contributed by atoms with Gasteiger partial charge in [-0.05, 0) is 44.6 Å². The summed E-state index contributed by atoms with van der Waals surface area (Å²) in [6.07, 6.45) is 5.67. The highest BCUT2D eigenvalue weighted by Crippen LogP contribution is 2.45. The fraction of sp³-hybridized carbons (Fsp3) is 0.700. The first kappa shape index (κ1) is 16.0. The first-order chi connectivity index (χ1) is 10.5. The number of benzene rings is 1. The minimum absolute atomic E-state index is 0.208. The summed E-state index contributed by atoms with van der Waals surface area (Å²) in [6.45, 7) is 10.5. The van der Waals surface area contributed by atoms with Gasteiger partial charge in [0.15, 0.2) is 0 Å². The van der Waals surface area contributed by atoms with Crippen molar-refractivity contribution in [2.75, 3.05) is 0 Å². The number of nitrogens with zero attached hydrogens (tertiary/aromatic N) is 1. The van der Waals surface area contributed by atoms with Crippen LogP contribution < -0.4 is 0 Å². The van der Waals surface area contributed by atoms with Crippen LogP contribution >= 0.6 is 0 Å². The molecule has 2 aliphatic rings. The predicted octanol–water partition coefficient (Wildman–Crippen LogP) is 4.84. The summed E-state index contributed by atoms with van der Waals surface area (Å²) in [6, 6.07) is 10.8. The second-order valence-corrected chi connectivity index (χ2v) is 7.83. The molecule has 1 aliphatic carbocycles. The summed E-state index contributed by atoms with van der Waals surface area (Å²) in [4.78, 5) is 2.61. The Labute approximate surface area is 135 Å². The lowest BCUT2D eigenvalue weighted by atomic mass is 9.69. The van der Waals surface area contributed by atoms with E-state index in [-0.39, 0.29) is 11.8 Å². The van der Waals surface area contributed by atoms with E-state index in [4.69, 9.17) is 4.74 Å². The van der Waals surface area contributed by atoms with Crippen LogP contribution in [0.15, 0.2) is 30.3 Å².